The monoisotopic (exact) mass is 447 g/mol. The van der Waals surface area contributed by atoms with Crippen molar-refractivity contribution < 1.29 is 18.1 Å². The molecule has 0 bridgehead atoms. The molecule has 0 unspecified atom stereocenters. The Balaban J connectivity index is 1.76. The van der Waals surface area contributed by atoms with E-state index >= 15 is 0 Å². The number of nitrogens with one attached hydrogen (secondary N) is 1. The highest BCUT2D eigenvalue weighted by Gasteiger charge is 2.19. The number of aromatic amines is 1. The van der Waals surface area contributed by atoms with Crippen molar-refractivity contribution in [3.8, 4) is 0 Å². The molecular formula is C12H8BrF2N7O3S. The summed E-state index contributed by atoms with van der Waals surface area (Å²) in [4.78, 5) is 10.2. The smallest absolute Gasteiger partial charge is 0.404 e. The minimum atomic E-state index is -2.85. The van der Waals surface area contributed by atoms with Gasteiger partial charge in [0.2, 0.25) is 10.6 Å². The molecule has 0 spiro atoms. The van der Waals surface area contributed by atoms with Gasteiger partial charge in [0.15, 0.2) is 0 Å². The van der Waals surface area contributed by atoms with Gasteiger partial charge in [0.05, 0.1) is 17.5 Å². The SMILES string of the molecule is O=[N+]([O-])c1nn(Cc2ccc(/C=N\n3c(C(F)F)n[nH]c3=S)o2)cc1Br. The second kappa shape index (κ2) is 7.25. The van der Waals surface area contributed by atoms with Gasteiger partial charge in [0, 0.05) is 0 Å². The molecular weight excluding hydrogens is 440 g/mol. The molecule has 3 heterocycles. The highest BCUT2D eigenvalue weighted by Crippen LogP contribution is 2.22. The van der Waals surface area contributed by atoms with Gasteiger partial charge >= 0.3 is 5.82 Å². The highest BCUT2D eigenvalue weighted by molar-refractivity contribution is 9.10. The summed E-state index contributed by atoms with van der Waals surface area (Å²) in [5, 5.41) is 24.0. The lowest BCUT2D eigenvalue weighted by atomic mass is 10.4. The minimum Gasteiger partial charge on any atom is -0.458 e. The maximum Gasteiger partial charge on any atom is 0.404 e. The number of furan rings is 1. The molecule has 136 valence electrons. The van der Waals surface area contributed by atoms with Gasteiger partial charge in [-0.25, -0.2) is 13.9 Å². The van der Waals surface area contributed by atoms with E-state index in [0.29, 0.717) is 5.76 Å². The molecule has 0 aliphatic heterocycles. The number of hydrogen-bond acceptors (Lipinski definition) is 7. The van der Waals surface area contributed by atoms with Gasteiger partial charge in [-0.1, -0.05) is 0 Å². The first-order valence-electron chi connectivity index (χ1n) is 6.81. The zero-order valence-electron chi connectivity index (χ0n) is 12.5. The maximum absolute atomic E-state index is 12.8. The quantitative estimate of drug-likeness (QED) is 0.268. The molecule has 0 aliphatic rings. The van der Waals surface area contributed by atoms with Crippen LogP contribution in [0.1, 0.15) is 23.8 Å². The molecule has 10 nitrogen and oxygen atoms in total. The molecule has 0 aromatic carbocycles. The summed E-state index contributed by atoms with van der Waals surface area (Å²) in [6.45, 7) is 0.133. The second-order valence-corrected chi connectivity index (χ2v) is 6.04. The van der Waals surface area contributed by atoms with E-state index in [-0.39, 0.29) is 27.4 Å². The van der Waals surface area contributed by atoms with E-state index in [2.05, 4.69) is 36.3 Å². The summed E-state index contributed by atoms with van der Waals surface area (Å²) < 4.78 is 33.3. The number of halogens is 3. The van der Waals surface area contributed by atoms with Gasteiger partial charge in [0.1, 0.15) is 22.5 Å². The molecule has 0 radical (unpaired) electrons. The largest absolute Gasteiger partial charge is 0.458 e. The van der Waals surface area contributed by atoms with Crippen LogP contribution in [0.25, 0.3) is 0 Å². The van der Waals surface area contributed by atoms with Gasteiger partial charge in [-0.05, 0) is 45.2 Å². The molecule has 0 amide bonds. The fraction of sp³-hybridized carbons (Fsp3) is 0.167. The predicted molar refractivity (Wildman–Crippen MR) is 89.8 cm³/mol. The summed E-state index contributed by atoms with van der Waals surface area (Å²) in [6, 6.07) is 3.16. The Morgan fingerprint density at radius 1 is 1.54 bits per heavy atom. The van der Waals surface area contributed by atoms with Crippen LogP contribution >= 0.6 is 28.1 Å². The summed E-state index contributed by atoms with van der Waals surface area (Å²) >= 11 is 7.88. The fourth-order valence-electron chi connectivity index (χ4n) is 1.97. The van der Waals surface area contributed by atoms with Gasteiger partial charge in [-0.2, -0.15) is 19.6 Å². The average Bonchev–Trinajstić information content (AvgIpc) is 3.25. The van der Waals surface area contributed by atoms with E-state index in [1.807, 2.05) is 0 Å². The number of H-pyrrole nitrogens is 1. The number of rotatable bonds is 6. The predicted octanol–water partition coefficient (Wildman–Crippen LogP) is 3.27. The van der Waals surface area contributed by atoms with E-state index in [1.165, 1.54) is 17.1 Å². The number of hydrogen-bond donors (Lipinski definition) is 1. The molecule has 3 aromatic rings. The third kappa shape index (κ3) is 3.75. The minimum absolute atomic E-state index is 0.0861. The van der Waals surface area contributed by atoms with Gasteiger partial charge in [-0.3, -0.25) is 0 Å². The first-order valence-corrected chi connectivity index (χ1v) is 8.01. The third-order valence-corrected chi connectivity index (χ3v) is 3.87. The average molecular weight is 448 g/mol. The lowest BCUT2D eigenvalue weighted by Gasteiger charge is -1.97. The third-order valence-electron chi connectivity index (χ3n) is 3.04. The van der Waals surface area contributed by atoms with Gasteiger partial charge < -0.3 is 14.5 Å². The van der Waals surface area contributed by atoms with E-state index in [4.69, 9.17) is 16.6 Å². The molecule has 3 aromatic heterocycles. The summed E-state index contributed by atoms with van der Waals surface area (Å²) in [6.07, 6.45) is -0.211. The Kier molecular flexibility index (Phi) is 5.03. The zero-order chi connectivity index (χ0) is 18.8. The Hall–Kier alpha value is -2.74. The number of aromatic nitrogens is 5. The Morgan fingerprint density at radius 3 is 2.96 bits per heavy atom. The zero-order valence-corrected chi connectivity index (χ0v) is 14.9. The fourth-order valence-corrected chi connectivity index (χ4v) is 2.62. The van der Waals surface area contributed by atoms with Gasteiger partial charge in [0.25, 0.3) is 6.43 Å². The molecule has 0 aliphatic carbocycles. The summed E-state index contributed by atoms with van der Waals surface area (Å²) in [5.41, 5.74) is 0. The standard InChI is InChI=1S/C12H8BrF2N7O3S/c13-8-5-20(19-10(8)22(23)24)4-7-2-1-6(25-7)3-16-21-11(9(14)15)17-18-12(21)26/h1-3,5,9H,4H2,(H,18,26)/b16-3-. The number of nitrogens with zero attached hydrogens (tertiary/aromatic N) is 6. The second-order valence-electron chi connectivity index (χ2n) is 4.80. The molecule has 3 rings (SSSR count). The number of nitro groups is 1. The molecule has 26 heavy (non-hydrogen) atoms. The highest BCUT2D eigenvalue weighted by atomic mass is 79.9. The molecule has 14 heteroatoms. The topological polar surface area (TPSA) is 120 Å². The summed E-state index contributed by atoms with van der Waals surface area (Å²) in [7, 11) is 0. The van der Waals surface area contributed by atoms with Crippen LogP contribution in [0.5, 0.6) is 0 Å². The Morgan fingerprint density at radius 2 is 2.31 bits per heavy atom. The van der Waals surface area contributed by atoms with Crippen LogP contribution in [-0.2, 0) is 6.54 Å². The van der Waals surface area contributed by atoms with E-state index in [9.17, 15) is 18.9 Å². The Labute approximate surface area is 156 Å². The number of alkyl halides is 2. The van der Waals surface area contributed by atoms with Crippen LogP contribution in [0.15, 0.2) is 32.3 Å². The van der Waals surface area contributed by atoms with Crippen molar-refractivity contribution in [3.63, 3.8) is 0 Å². The maximum atomic E-state index is 12.8. The van der Waals surface area contributed by atoms with Crippen LogP contribution in [0.2, 0.25) is 0 Å². The lowest BCUT2D eigenvalue weighted by molar-refractivity contribution is -0.390. The van der Waals surface area contributed by atoms with E-state index < -0.39 is 17.2 Å². The van der Waals surface area contributed by atoms with Crippen molar-refractivity contribution in [2.75, 3.05) is 0 Å². The first-order chi connectivity index (χ1) is 12.3. The van der Waals surface area contributed by atoms with Crippen LogP contribution in [0, 0.1) is 14.9 Å². The van der Waals surface area contributed by atoms with Crippen LogP contribution in [0.4, 0.5) is 14.6 Å². The van der Waals surface area contributed by atoms with E-state index in [0.717, 1.165) is 4.68 Å². The van der Waals surface area contributed by atoms with Crippen LogP contribution in [-0.4, -0.2) is 35.8 Å². The van der Waals surface area contributed by atoms with Crippen molar-refractivity contribution in [2.24, 2.45) is 5.10 Å². The normalized spacial score (nSPS) is 11.7. The van der Waals surface area contributed by atoms with Gasteiger partial charge in [-0.15, -0.1) is 0 Å². The molecule has 0 saturated heterocycles. The van der Waals surface area contributed by atoms with Crippen LogP contribution in [0.3, 0.4) is 0 Å². The van der Waals surface area contributed by atoms with Crippen molar-refractivity contribution >= 4 is 40.2 Å². The van der Waals surface area contributed by atoms with Crippen molar-refractivity contribution in [3.05, 3.63) is 55.0 Å². The summed E-state index contributed by atoms with van der Waals surface area (Å²) in [5.74, 6) is -0.232. The molecule has 0 atom stereocenters. The first kappa shape index (κ1) is 18.1. The Bertz CT molecular complexity index is 1040. The molecule has 0 saturated carbocycles. The van der Waals surface area contributed by atoms with Crippen molar-refractivity contribution in [1.29, 1.82) is 0 Å². The molecule has 1 N–H and O–H groups in total. The lowest BCUT2D eigenvalue weighted by Crippen LogP contribution is -2.00. The van der Waals surface area contributed by atoms with Crippen molar-refractivity contribution in [2.45, 2.75) is 13.0 Å². The van der Waals surface area contributed by atoms with Crippen LogP contribution < -0.4 is 0 Å². The van der Waals surface area contributed by atoms with Crippen molar-refractivity contribution in [1.82, 2.24) is 24.7 Å². The van der Waals surface area contributed by atoms with E-state index in [1.54, 1.807) is 12.1 Å². The molecule has 0 fully saturated rings.